The van der Waals surface area contributed by atoms with Gasteiger partial charge in [-0.2, -0.15) is 0 Å². The molecule has 0 aromatic heterocycles. The van der Waals surface area contributed by atoms with Crippen LogP contribution in [0, 0.1) is 5.92 Å². The number of nitrogens with two attached hydrogens (primary N) is 1. The first-order valence-electron chi connectivity index (χ1n) is 5.98. The second-order valence-corrected chi connectivity index (χ2v) is 4.50. The van der Waals surface area contributed by atoms with Gasteiger partial charge in [-0.05, 0) is 23.1 Å². The van der Waals surface area contributed by atoms with E-state index in [9.17, 15) is 0 Å². The predicted molar refractivity (Wildman–Crippen MR) is 65.2 cm³/mol. The van der Waals surface area contributed by atoms with Gasteiger partial charge in [-0.25, -0.2) is 0 Å². The van der Waals surface area contributed by atoms with Crippen LogP contribution in [-0.2, 0) is 6.42 Å². The largest absolute Gasteiger partial charge is 0.493 e. The van der Waals surface area contributed by atoms with Crippen molar-refractivity contribution in [1.29, 1.82) is 0 Å². The van der Waals surface area contributed by atoms with Crippen molar-refractivity contribution in [2.24, 2.45) is 11.8 Å². The van der Waals surface area contributed by atoms with E-state index in [0.29, 0.717) is 5.92 Å². The highest BCUT2D eigenvalue weighted by Gasteiger charge is 2.19. The minimum Gasteiger partial charge on any atom is -0.493 e. The van der Waals surface area contributed by atoms with Gasteiger partial charge in [0.1, 0.15) is 5.75 Å². The first-order chi connectivity index (χ1) is 7.76. The smallest absolute Gasteiger partial charge is 0.122 e. The van der Waals surface area contributed by atoms with Crippen molar-refractivity contribution >= 4 is 0 Å². The van der Waals surface area contributed by atoms with Crippen LogP contribution in [0.25, 0.3) is 0 Å². The quantitative estimate of drug-likeness (QED) is 0.604. The molecule has 88 valence electrons. The van der Waals surface area contributed by atoms with E-state index in [1.165, 1.54) is 11.1 Å². The van der Waals surface area contributed by atoms with Crippen molar-refractivity contribution < 1.29 is 4.74 Å². The van der Waals surface area contributed by atoms with Gasteiger partial charge in [-0.1, -0.05) is 32.4 Å². The lowest BCUT2D eigenvalue weighted by molar-refractivity contribution is 0.356. The third-order valence-electron chi connectivity index (χ3n) is 3.47. The van der Waals surface area contributed by atoms with Crippen molar-refractivity contribution in [1.82, 2.24) is 5.43 Å². The molecule has 3 N–H and O–H groups in total. The molecule has 16 heavy (non-hydrogen) atoms. The summed E-state index contributed by atoms with van der Waals surface area (Å²) < 4.78 is 5.50. The maximum absolute atomic E-state index is 5.65. The summed E-state index contributed by atoms with van der Waals surface area (Å²) in [5.41, 5.74) is 5.49. The normalized spacial score (nSPS) is 17.7. The standard InChI is InChI=1S/C13H20N2O/c1-3-9(2)13(15-14)11-4-5-12-10(8-11)6-7-16-12/h4-5,8-9,13,15H,3,6-7,14H2,1-2H3. The number of hydrazine groups is 1. The highest BCUT2D eigenvalue weighted by molar-refractivity contribution is 5.40. The van der Waals surface area contributed by atoms with Crippen molar-refractivity contribution in [2.45, 2.75) is 32.7 Å². The average Bonchev–Trinajstić information content (AvgIpc) is 2.77. The summed E-state index contributed by atoms with van der Waals surface area (Å²) in [6, 6.07) is 6.63. The topological polar surface area (TPSA) is 47.3 Å². The van der Waals surface area contributed by atoms with Crippen molar-refractivity contribution in [2.75, 3.05) is 6.61 Å². The second kappa shape index (κ2) is 4.85. The Balaban J connectivity index is 2.25. The summed E-state index contributed by atoms with van der Waals surface area (Å²) in [5, 5.41) is 0. The Kier molecular flexibility index (Phi) is 3.46. The third-order valence-corrected chi connectivity index (χ3v) is 3.47. The monoisotopic (exact) mass is 220 g/mol. The molecule has 0 aliphatic carbocycles. The number of hydrogen-bond acceptors (Lipinski definition) is 3. The fourth-order valence-electron chi connectivity index (χ4n) is 2.22. The Morgan fingerprint density at radius 2 is 2.31 bits per heavy atom. The Hall–Kier alpha value is -1.06. The van der Waals surface area contributed by atoms with E-state index in [-0.39, 0.29) is 6.04 Å². The zero-order valence-corrected chi connectivity index (χ0v) is 9.99. The van der Waals surface area contributed by atoms with Crippen LogP contribution in [-0.4, -0.2) is 6.61 Å². The van der Waals surface area contributed by atoms with Gasteiger partial charge in [-0.15, -0.1) is 0 Å². The summed E-state index contributed by atoms with van der Waals surface area (Å²) >= 11 is 0. The van der Waals surface area contributed by atoms with Crippen LogP contribution in [0.5, 0.6) is 5.75 Å². The average molecular weight is 220 g/mol. The molecule has 2 unspecified atom stereocenters. The molecule has 1 aromatic rings. The molecule has 0 saturated carbocycles. The van der Waals surface area contributed by atoms with Crippen molar-refractivity contribution in [3.63, 3.8) is 0 Å². The molecule has 0 spiro atoms. The first-order valence-corrected chi connectivity index (χ1v) is 5.98. The molecule has 1 aliphatic rings. The summed E-state index contributed by atoms with van der Waals surface area (Å²) in [7, 11) is 0. The van der Waals surface area contributed by atoms with Crippen molar-refractivity contribution in [3.05, 3.63) is 29.3 Å². The number of ether oxygens (including phenoxy) is 1. The molecule has 3 nitrogen and oxygen atoms in total. The van der Waals surface area contributed by atoms with Gasteiger partial charge in [0.15, 0.2) is 0 Å². The van der Waals surface area contributed by atoms with Crippen molar-refractivity contribution in [3.8, 4) is 5.75 Å². The lowest BCUT2D eigenvalue weighted by Crippen LogP contribution is -2.32. The SMILES string of the molecule is CCC(C)C(NN)c1ccc2c(c1)CCO2. The van der Waals surface area contributed by atoms with Crippen LogP contribution in [0.2, 0.25) is 0 Å². The van der Waals surface area contributed by atoms with E-state index in [4.69, 9.17) is 10.6 Å². The maximum Gasteiger partial charge on any atom is 0.122 e. The Bertz CT molecular complexity index is 365. The number of rotatable bonds is 4. The van der Waals surface area contributed by atoms with Gasteiger partial charge < -0.3 is 4.74 Å². The van der Waals surface area contributed by atoms with Crippen LogP contribution in [0.15, 0.2) is 18.2 Å². The molecule has 0 saturated heterocycles. The predicted octanol–water partition coefficient (Wildman–Crippen LogP) is 2.17. The van der Waals surface area contributed by atoms with Crippen LogP contribution in [0.1, 0.15) is 37.4 Å². The number of hydrogen-bond donors (Lipinski definition) is 2. The van der Waals surface area contributed by atoms with Crippen LogP contribution < -0.4 is 16.0 Å². The minimum atomic E-state index is 0.232. The van der Waals surface area contributed by atoms with Crippen LogP contribution in [0.3, 0.4) is 0 Å². The second-order valence-electron chi connectivity index (χ2n) is 4.50. The molecule has 3 heteroatoms. The summed E-state index contributed by atoms with van der Waals surface area (Å²) in [6.07, 6.45) is 2.13. The van der Waals surface area contributed by atoms with Gasteiger partial charge in [0.05, 0.1) is 6.61 Å². The Morgan fingerprint density at radius 3 is 3.00 bits per heavy atom. The number of nitrogens with one attached hydrogen (secondary N) is 1. The molecule has 0 radical (unpaired) electrons. The molecule has 0 fully saturated rings. The third kappa shape index (κ3) is 2.06. The van der Waals surface area contributed by atoms with Gasteiger partial charge in [0, 0.05) is 12.5 Å². The lowest BCUT2D eigenvalue weighted by atomic mass is 9.92. The summed E-state index contributed by atoms with van der Waals surface area (Å²) in [4.78, 5) is 0. The van der Waals surface area contributed by atoms with E-state index < -0.39 is 0 Å². The fraction of sp³-hybridized carbons (Fsp3) is 0.538. The molecule has 1 aliphatic heterocycles. The van der Waals surface area contributed by atoms with Crippen LogP contribution >= 0.6 is 0 Å². The van der Waals surface area contributed by atoms with E-state index in [0.717, 1.165) is 25.2 Å². The maximum atomic E-state index is 5.65. The Morgan fingerprint density at radius 1 is 1.50 bits per heavy atom. The molecule has 2 atom stereocenters. The first kappa shape index (κ1) is 11.4. The number of benzene rings is 1. The zero-order valence-electron chi connectivity index (χ0n) is 9.99. The van der Waals surface area contributed by atoms with E-state index in [1.807, 2.05) is 0 Å². The molecule has 2 rings (SSSR count). The minimum absolute atomic E-state index is 0.232. The zero-order chi connectivity index (χ0) is 11.5. The highest BCUT2D eigenvalue weighted by Crippen LogP contribution is 2.31. The summed E-state index contributed by atoms with van der Waals surface area (Å²) in [6.45, 7) is 5.21. The van der Waals surface area contributed by atoms with E-state index >= 15 is 0 Å². The molecule has 0 bridgehead atoms. The fourth-order valence-corrected chi connectivity index (χ4v) is 2.22. The lowest BCUT2D eigenvalue weighted by Gasteiger charge is -2.23. The Labute approximate surface area is 97.0 Å². The van der Waals surface area contributed by atoms with E-state index in [1.54, 1.807) is 0 Å². The van der Waals surface area contributed by atoms with Gasteiger partial charge in [0.2, 0.25) is 0 Å². The van der Waals surface area contributed by atoms with Gasteiger partial charge >= 0.3 is 0 Å². The molecule has 1 heterocycles. The van der Waals surface area contributed by atoms with Gasteiger partial charge in [0.25, 0.3) is 0 Å². The van der Waals surface area contributed by atoms with E-state index in [2.05, 4.69) is 37.5 Å². The van der Waals surface area contributed by atoms with Crippen LogP contribution in [0.4, 0.5) is 0 Å². The number of fused-ring (bicyclic) bond motifs is 1. The molecular formula is C13H20N2O. The molecular weight excluding hydrogens is 200 g/mol. The highest BCUT2D eigenvalue weighted by atomic mass is 16.5. The molecule has 1 aromatic carbocycles. The van der Waals surface area contributed by atoms with Gasteiger partial charge in [-0.3, -0.25) is 11.3 Å². The molecule has 0 amide bonds. The summed E-state index contributed by atoms with van der Waals surface area (Å²) in [5.74, 6) is 7.21.